The topological polar surface area (TPSA) is 55.8 Å². The third-order valence-corrected chi connectivity index (χ3v) is 13.7. The molecular weight excluding hydrogens is 392 g/mol. The summed E-state index contributed by atoms with van der Waals surface area (Å²) in [7, 11) is -1.92. The number of Topliss-reactive ketones (excluding diaryl/α,β-unsaturated/α-hetero) is 1. The number of rotatable bonds is 6. The third kappa shape index (κ3) is 3.00. The maximum Gasteiger partial charge on any atom is 0.192 e. The molecule has 1 N–H and O–H groups in total. The molecule has 0 saturated heterocycles. The molecule has 0 radical (unpaired) electrons. The van der Waals surface area contributed by atoms with E-state index in [1.807, 2.05) is 25.1 Å². The van der Waals surface area contributed by atoms with Gasteiger partial charge in [0.25, 0.3) is 0 Å². The van der Waals surface area contributed by atoms with Gasteiger partial charge in [0.05, 0.1) is 18.8 Å². The highest BCUT2D eigenvalue weighted by Crippen LogP contribution is 2.75. The standard InChI is InChI=1S/C25H38O4Si/c1-17-19(26)14-20-24(16-29-30(5,6)23(2,3)4)13-12-21(25(17,20)22(24)27)28-15-18-10-8-7-9-11-18/h7-11,17,20-22,27H,12-16H2,1-6H3/t17-,20-,21-,22+,24+,25-/m1/s1. The van der Waals surface area contributed by atoms with Crippen LogP contribution in [0.25, 0.3) is 0 Å². The molecule has 1 aromatic carbocycles. The van der Waals surface area contributed by atoms with E-state index in [0.717, 1.165) is 18.4 Å². The van der Waals surface area contributed by atoms with Crippen molar-refractivity contribution in [3.05, 3.63) is 35.9 Å². The van der Waals surface area contributed by atoms with E-state index in [4.69, 9.17) is 9.16 Å². The van der Waals surface area contributed by atoms with Gasteiger partial charge in [0.1, 0.15) is 5.78 Å². The van der Waals surface area contributed by atoms with Crippen LogP contribution in [0.4, 0.5) is 0 Å². The smallest absolute Gasteiger partial charge is 0.192 e. The molecule has 2 bridgehead atoms. The Labute approximate surface area is 182 Å². The zero-order valence-corrected chi connectivity index (χ0v) is 20.4. The summed E-state index contributed by atoms with van der Waals surface area (Å²) >= 11 is 0. The molecule has 4 rings (SSSR count). The first-order chi connectivity index (χ1) is 14.0. The summed E-state index contributed by atoms with van der Waals surface area (Å²) < 4.78 is 13.0. The molecule has 1 aromatic rings. The minimum atomic E-state index is -1.92. The average molecular weight is 431 g/mol. The first-order valence-electron chi connectivity index (χ1n) is 11.5. The average Bonchev–Trinajstić information content (AvgIpc) is 2.95. The number of aliphatic hydroxyl groups is 1. The lowest BCUT2D eigenvalue weighted by molar-refractivity contribution is -0.330. The Morgan fingerprint density at radius 1 is 1.20 bits per heavy atom. The van der Waals surface area contributed by atoms with Crippen molar-refractivity contribution in [2.75, 3.05) is 6.61 Å². The van der Waals surface area contributed by atoms with Crippen molar-refractivity contribution < 1.29 is 19.1 Å². The second kappa shape index (κ2) is 7.26. The van der Waals surface area contributed by atoms with E-state index in [-0.39, 0.29) is 34.2 Å². The Bertz CT molecular complexity index is 801. The number of aliphatic hydroxyl groups excluding tert-OH is 1. The molecule has 0 unspecified atom stereocenters. The monoisotopic (exact) mass is 430 g/mol. The molecule has 4 nitrogen and oxygen atoms in total. The van der Waals surface area contributed by atoms with Gasteiger partial charge in [0.15, 0.2) is 8.32 Å². The Morgan fingerprint density at radius 3 is 2.50 bits per heavy atom. The second-order valence-corrected chi connectivity index (χ2v) is 16.3. The van der Waals surface area contributed by atoms with Crippen molar-refractivity contribution in [1.82, 2.24) is 0 Å². The summed E-state index contributed by atoms with van der Waals surface area (Å²) in [6.07, 6.45) is 1.71. The van der Waals surface area contributed by atoms with Crippen molar-refractivity contribution in [3.8, 4) is 0 Å². The Kier molecular flexibility index (Phi) is 5.37. The largest absolute Gasteiger partial charge is 0.416 e. The predicted molar refractivity (Wildman–Crippen MR) is 121 cm³/mol. The fourth-order valence-electron chi connectivity index (χ4n) is 6.28. The number of ketones is 1. The van der Waals surface area contributed by atoms with Crippen LogP contribution in [0.1, 0.15) is 52.5 Å². The van der Waals surface area contributed by atoms with Crippen LogP contribution in [0, 0.1) is 22.7 Å². The summed E-state index contributed by atoms with van der Waals surface area (Å²) in [5.41, 5.74) is 0.401. The summed E-state index contributed by atoms with van der Waals surface area (Å²) in [6, 6.07) is 10.2. The molecule has 0 heterocycles. The summed E-state index contributed by atoms with van der Waals surface area (Å²) in [5, 5.41) is 11.7. The molecular formula is C25H38O4Si. The fraction of sp³-hybridized carbons (Fsp3) is 0.720. The number of hydrogen-bond acceptors (Lipinski definition) is 4. The van der Waals surface area contributed by atoms with Crippen LogP contribution in [0.15, 0.2) is 30.3 Å². The van der Waals surface area contributed by atoms with Crippen molar-refractivity contribution >= 4 is 14.1 Å². The van der Waals surface area contributed by atoms with Gasteiger partial charge >= 0.3 is 0 Å². The molecule has 0 spiro atoms. The van der Waals surface area contributed by atoms with E-state index in [1.165, 1.54) is 0 Å². The molecule has 5 heteroatoms. The summed E-state index contributed by atoms with van der Waals surface area (Å²) in [6.45, 7) is 14.4. The van der Waals surface area contributed by atoms with Gasteiger partial charge in [-0.2, -0.15) is 0 Å². The molecule has 166 valence electrons. The SMILES string of the molecule is C[C@@H]1C(=O)C[C@@H]2[C@@]3(CO[Si](C)(C)C(C)(C)C)CC[C@@H](OCc4ccccc4)[C@@]12[C@H]3O. The van der Waals surface area contributed by atoms with Crippen LogP contribution in [-0.4, -0.2) is 38.0 Å². The summed E-state index contributed by atoms with van der Waals surface area (Å²) in [4.78, 5) is 12.8. The van der Waals surface area contributed by atoms with E-state index >= 15 is 0 Å². The zero-order valence-electron chi connectivity index (χ0n) is 19.4. The lowest BCUT2D eigenvalue weighted by Gasteiger charge is -2.71. The molecule has 3 fully saturated rings. The number of carbonyl (C=O) groups is 1. The van der Waals surface area contributed by atoms with Crippen molar-refractivity contribution in [3.63, 3.8) is 0 Å². The first kappa shape index (κ1) is 22.2. The van der Waals surface area contributed by atoms with Crippen molar-refractivity contribution in [2.24, 2.45) is 22.7 Å². The van der Waals surface area contributed by atoms with Gasteiger partial charge in [-0.15, -0.1) is 0 Å². The van der Waals surface area contributed by atoms with Crippen LogP contribution in [0.5, 0.6) is 0 Å². The van der Waals surface area contributed by atoms with E-state index < -0.39 is 19.8 Å². The van der Waals surface area contributed by atoms with Crippen molar-refractivity contribution in [1.29, 1.82) is 0 Å². The molecule has 0 amide bonds. The lowest BCUT2D eigenvalue weighted by atomic mass is 9.36. The molecule has 3 saturated carbocycles. The van der Waals surface area contributed by atoms with Gasteiger partial charge in [-0.3, -0.25) is 4.79 Å². The van der Waals surface area contributed by atoms with Gasteiger partial charge in [0, 0.05) is 29.8 Å². The van der Waals surface area contributed by atoms with Gasteiger partial charge in [-0.25, -0.2) is 0 Å². The molecule has 0 aromatic heterocycles. The molecule has 3 aliphatic rings. The Balaban J connectivity index is 1.55. The highest BCUT2D eigenvalue weighted by atomic mass is 28.4. The Morgan fingerprint density at radius 2 is 1.87 bits per heavy atom. The number of carbonyl (C=O) groups excluding carboxylic acids is 1. The van der Waals surface area contributed by atoms with Crippen molar-refractivity contribution in [2.45, 2.75) is 83.9 Å². The molecule has 30 heavy (non-hydrogen) atoms. The fourth-order valence-corrected chi connectivity index (χ4v) is 7.34. The number of hydrogen-bond donors (Lipinski definition) is 1. The first-order valence-corrected chi connectivity index (χ1v) is 14.4. The van der Waals surface area contributed by atoms with Gasteiger partial charge in [0.2, 0.25) is 0 Å². The van der Waals surface area contributed by atoms with Crippen LogP contribution >= 0.6 is 0 Å². The quantitative estimate of drug-likeness (QED) is 0.648. The third-order valence-electron chi connectivity index (χ3n) is 9.19. The zero-order chi connectivity index (χ0) is 21.9. The van der Waals surface area contributed by atoms with E-state index in [1.54, 1.807) is 0 Å². The van der Waals surface area contributed by atoms with Gasteiger partial charge in [-0.1, -0.05) is 58.0 Å². The maximum atomic E-state index is 12.8. The normalized spacial score (nSPS) is 38.3. The highest BCUT2D eigenvalue weighted by Gasteiger charge is 2.80. The minimum absolute atomic E-state index is 0.0751. The highest BCUT2D eigenvalue weighted by molar-refractivity contribution is 6.74. The second-order valence-electron chi connectivity index (χ2n) is 11.5. The Hall–Kier alpha value is -1.01. The maximum absolute atomic E-state index is 12.8. The van der Waals surface area contributed by atoms with E-state index in [9.17, 15) is 9.90 Å². The predicted octanol–water partition coefficient (Wildman–Crippen LogP) is 4.96. The minimum Gasteiger partial charge on any atom is -0.416 e. The molecule has 3 aliphatic carbocycles. The lowest BCUT2D eigenvalue weighted by Crippen LogP contribution is -2.77. The van der Waals surface area contributed by atoms with Crippen LogP contribution in [0.3, 0.4) is 0 Å². The summed E-state index contributed by atoms with van der Waals surface area (Å²) in [5.74, 6) is 0.296. The van der Waals surface area contributed by atoms with Crippen LogP contribution in [-0.2, 0) is 20.6 Å². The number of ether oxygens (including phenoxy) is 1. The molecule has 6 atom stereocenters. The van der Waals surface area contributed by atoms with Crippen LogP contribution < -0.4 is 0 Å². The van der Waals surface area contributed by atoms with Gasteiger partial charge < -0.3 is 14.3 Å². The van der Waals surface area contributed by atoms with E-state index in [0.29, 0.717) is 19.6 Å². The van der Waals surface area contributed by atoms with E-state index in [2.05, 4.69) is 46.0 Å². The molecule has 0 aliphatic heterocycles. The van der Waals surface area contributed by atoms with Gasteiger partial charge in [-0.05, 0) is 42.5 Å². The number of benzene rings is 1. The van der Waals surface area contributed by atoms with Crippen LogP contribution in [0.2, 0.25) is 18.1 Å².